The highest BCUT2D eigenvalue weighted by Crippen LogP contribution is 2.12. The molecule has 0 amide bonds. The smallest absolute Gasteiger partial charge is 0.225 e. The first-order chi connectivity index (χ1) is 8.20. The van der Waals surface area contributed by atoms with Gasteiger partial charge in [0.15, 0.2) is 0 Å². The van der Waals surface area contributed by atoms with Crippen molar-refractivity contribution >= 4 is 41.3 Å². The van der Waals surface area contributed by atoms with Crippen LogP contribution in [0.25, 0.3) is 0 Å². The van der Waals surface area contributed by atoms with Gasteiger partial charge in [-0.3, -0.25) is 4.98 Å². The summed E-state index contributed by atoms with van der Waals surface area (Å²) in [4.78, 5) is 11.5. The van der Waals surface area contributed by atoms with E-state index in [1.54, 1.807) is 0 Å². The van der Waals surface area contributed by atoms with Crippen LogP contribution in [0.3, 0.4) is 0 Å². The number of nitrogens with one attached hydrogen (secondary N) is 3. The van der Waals surface area contributed by atoms with Crippen LogP contribution in [0.2, 0.25) is 0 Å². The summed E-state index contributed by atoms with van der Waals surface area (Å²) in [6.45, 7) is 7.74. The zero-order chi connectivity index (χ0) is 13.9. The average molecular weight is 286 g/mol. The predicted octanol–water partition coefficient (Wildman–Crippen LogP) is 1.83. The molecule has 0 fully saturated rings. The third-order valence-electron chi connectivity index (χ3n) is 2.12. The summed E-state index contributed by atoms with van der Waals surface area (Å²) in [5, 5.41) is 6.22. The molecule has 5 N–H and O–H groups in total. The van der Waals surface area contributed by atoms with E-state index in [2.05, 4.69) is 25.6 Å². The minimum Gasteiger partial charge on any atom is -0.391 e. The maximum absolute atomic E-state index is 5.64. The maximum atomic E-state index is 5.64. The Morgan fingerprint density at radius 3 is 2.39 bits per heavy atom. The first-order valence-electron chi connectivity index (χ1n) is 5.53. The lowest BCUT2D eigenvalue weighted by Gasteiger charge is -2.25. The van der Waals surface area contributed by atoms with E-state index in [-0.39, 0.29) is 10.8 Å². The third kappa shape index (κ3) is 4.19. The van der Waals surface area contributed by atoms with Gasteiger partial charge in [0.2, 0.25) is 16.7 Å². The van der Waals surface area contributed by atoms with Crippen molar-refractivity contribution in [3.8, 4) is 0 Å². The SMILES string of the molecule is CC(C)Nc1nc(=S)nc(NC(C)(C)C(N)=S)[nH]1. The Hall–Kier alpha value is -1.28. The Bertz CT molecular complexity index is 493. The highest BCUT2D eigenvalue weighted by atomic mass is 32.1. The van der Waals surface area contributed by atoms with Crippen molar-refractivity contribution in [3.63, 3.8) is 0 Å². The molecule has 100 valence electrons. The van der Waals surface area contributed by atoms with E-state index >= 15 is 0 Å². The fraction of sp³-hybridized carbons (Fsp3) is 0.600. The number of H-pyrrole nitrogens is 1. The summed E-state index contributed by atoms with van der Waals surface area (Å²) in [6.07, 6.45) is 0. The third-order valence-corrected chi connectivity index (χ3v) is 2.82. The first kappa shape index (κ1) is 14.8. The number of aromatic amines is 1. The Balaban J connectivity index is 3.00. The molecular weight excluding hydrogens is 268 g/mol. The molecule has 0 radical (unpaired) electrons. The van der Waals surface area contributed by atoms with Gasteiger partial charge in [0.1, 0.15) is 0 Å². The number of rotatable bonds is 5. The molecule has 0 saturated heterocycles. The minimum atomic E-state index is -0.558. The number of aromatic nitrogens is 3. The van der Waals surface area contributed by atoms with Crippen LogP contribution < -0.4 is 16.4 Å². The van der Waals surface area contributed by atoms with Crippen LogP contribution in [0.4, 0.5) is 11.9 Å². The molecule has 0 aliphatic carbocycles. The van der Waals surface area contributed by atoms with Gasteiger partial charge >= 0.3 is 0 Å². The Labute approximate surface area is 117 Å². The molecule has 18 heavy (non-hydrogen) atoms. The first-order valence-corrected chi connectivity index (χ1v) is 6.35. The van der Waals surface area contributed by atoms with Gasteiger partial charge in [-0.1, -0.05) is 12.2 Å². The highest BCUT2D eigenvalue weighted by molar-refractivity contribution is 7.80. The maximum Gasteiger partial charge on any atom is 0.225 e. The predicted molar refractivity (Wildman–Crippen MR) is 80.5 cm³/mol. The summed E-state index contributed by atoms with van der Waals surface area (Å²) >= 11 is 9.99. The van der Waals surface area contributed by atoms with Gasteiger partial charge in [0.25, 0.3) is 0 Å². The Kier molecular flexibility index (Phi) is 4.58. The van der Waals surface area contributed by atoms with Gasteiger partial charge in [-0.15, -0.1) is 0 Å². The summed E-state index contributed by atoms with van der Waals surface area (Å²) in [6, 6.07) is 0.238. The van der Waals surface area contributed by atoms with Crippen LogP contribution in [-0.2, 0) is 0 Å². The molecule has 0 saturated carbocycles. The number of hydrogen-bond donors (Lipinski definition) is 4. The minimum absolute atomic E-state index is 0.238. The molecule has 1 rings (SSSR count). The summed E-state index contributed by atoms with van der Waals surface area (Å²) in [7, 11) is 0. The quantitative estimate of drug-likeness (QED) is 0.614. The van der Waals surface area contributed by atoms with E-state index in [0.29, 0.717) is 16.9 Å². The molecule has 6 nitrogen and oxygen atoms in total. The van der Waals surface area contributed by atoms with Crippen LogP contribution in [-0.4, -0.2) is 31.5 Å². The van der Waals surface area contributed by atoms with E-state index in [0.717, 1.165) is 0 Å². The number of nitrogens with zero attached hydrogens (tertiary/aromatic N) is 2. The van der Waals surface area contributed by atoms with Crippen LogP contribution in [0, 0.1) is 4.77 Å². The van der Waals surface area contributed by atoms with Gasteiger partial charge < -0.3 is 16.4 Å². The van der Waals surface area contributed by atoms with E-state index in [9.17, 15) is 0 Å². The monoisotopic (exact) mass is 286 g/mol. The molecule has 0 aliphatic rings. The zero-order valence-electron chi connectivity index (χ0n) is 10.9. The lowest BCUT2D eigenvalue weighted by molar-refractivity contribution is 0.745. The van der Waals surface area contributed by atoms with E-state index in [1.165, 1.54) is 0 Å². The van der Waals surface area contributed by atoms with Gasteiger partial charge in [-0.2, -0.15) is 9.97 Å². The van der Waals surface area contributed by atoms with Gasteiger partial charge in [0, 0.05) is 6.04 Å². The molecule has 0 atom stereocenters. The van der Waals surface area contributed by atoms with Crippen LogP contribution >= 0.6 is 24.4 Å². The van der Waals surface area contributed by atoms with Crippen molar-refractivity contribution in [3.05, 3.63) is 4.77 Å². The number of anilines is 2. The topological polar surface area (TPSA) is 91.7 Å². The second-order valence-corrected chi connectivity index (χ2v) is 5.55. The lowest BCUT2D eigenvalue weighted by atomic mass is 10.1. The average Bonchev–Trinajstić information content (AvgIpc) is 2.13. The van der Waals surface area contributed by atoms with Crippen LogP contribution in [0.1, 0.15) is 27.7 Å². The highest BCUT2D eigenvalue weighted by Gasteiger charge is 2.22. The van der Waals surface area contributed by atoms with Gasteiger partial charge in [-0.05, 0) is 39.9 Å². The van der Waals surface area contributed by atoms with Crippen LogP contribution in [0.15, 0.2) is 0 Å². The fourth-order valence-electron chi connectivity index (χ4n) is 1.14. The number of hydrogen-bond acceptors (Lipinski definition) is 6. The van der Waals surface area contributed by atoms with E-state index in [4.69, 9.17) is 30.2 Å². The Morgan fingerprint density at radius 2 is 1.89 bits per heavy atom. The normalized spacial score (nSPS) is 11.4. The molecule has 1 aromatic heterocycles. The molecular formula is C10H18N6S2. The number of thiocarbonyl (C=S) groups is 1. The molecule has 1 aromatic rings. The molecule has 0 bridgehead atoms. The van der Waals surface area contributed by atoms with Crippen molar-refractivity contribution in [2.45, 2.75) is 39.3 Å². The molecule has 0 spiro atoms. The van der Waals surface area contributed by atoms with E-state index in [1.807, 2.05) is 27.7 Å². The van der Waals surface area contributed by atoms with E-state index < -0.39 is 5.54 Å². The molecule has 1 heterocycles. The van der Waals surface area contributed by atoms with Crippen molar-refractivity contribution < 1.29 is 0 Å². The van der Waals surface area contributed by atoms with Crippen molar-refractivity contribution in [1.82, 2.24) is 15.0 Å². The zero-order valence-corrected chi connectivity index (χ0v) is 12.5. The van der Waals surface area contributed by atoms with Crippen molar-refractivity contribution in [2.75, 3.05) is 10.6 Å². The van der Waals surface area contributed by atoms with Crippen molar-refractivity contribution in [2.24, 2.45) is 5.73 Å². The largest absolute Gasteiger partial charge is 0.391 e. The summed E-state index contributed by atoms with van der Waals surface area (Å²) in [5.74, 6) is 1.04. The second-order valence-electron chi connectivity index (χ2n) is 4.74. The number of nitrogens with two attached hydrogens (primary N) is 1. The second kappa shape index (κ2) is 5.57. The lowest BCUT2D eigenvalue weighted by Crippen LogP contribution is -2.44. The van der Waals surface area contributed by atoms with Crippen molar-refractivity contribution in [1.29, 1.82) is 0 Å². The molecule has 0 unspecified atom stereocenters. The van der Waals surface area contributed by atoms with Gasteiger partial charge in [0.05, 0.1) is 10.5 Å². The summed E-state index contributed by atoms with van der Waals surface area (Å²) in [5.41, 5.74) is 5.09. The fourth-order valence-corrected chi connectivity index (χ4v) is 1.38. The molecule has 0 aromatic carbocycles. The standard InChI is InChI=1S/C10H18N6S2/c1-5(2)12-7-13-8(15-9(18)14-7)16-10(3,4)6(11)17/h5H,1-4H3,(H2,11,17)(H3,12,13,14,15,16,18). The van der Waals surface area contributed by atoms with Crippen LogP contribution in [0.5, 0.6) is 0 Å². The molecule has 8 heteroatoms. The summed E-state index contributed by atoms with van der Waals surface area (Å²) < 4.78 is 0.248. The molecule has 0 aliphatic heterocycles. The Morgan fingerprint density at radius 1 is 1.33 bits per heavy atom. The van der Waals surface area contributed by atoms with Gasteiger partial charge in [-0.25, -0.2) is 0 Å².